The Balaban J connectivity index is 2.51. The summed E-state index contributed by atoms with van der Waals surface area (Å²) in [5, 5.41) is 5.67. The van der Waals surface area contributed by atoms with Crippen LogP contribution < -0.4 is 10.6 Å². The smallest absolute Gasteiger partial charge is 0.382 e. The summed E-state index contributed by atoms with van der Waals surface area (Å²) in [7, 11) is 0. The second kappa shape index (κ2) is 3.08. The minimum atomic E-state index is -4.29. The number of hydrogen-bond donors (Lipinski definition) is 2. The molecule has 0 saturated heterocycles. The van der Waals surface area contributed by atoms with E-state index in [-0.39, 0.29) is 5.69 Å². The standard InChI is InChI=1S/C9H9F3N2/c10-9(11,12)6-2-1-3-7-8(6)14-5-4-13-7/h1-3,13-14H,4-5H2. The van der Waals surface area contributed by atoms with Crippen LogP contribution >= 0.6 is 0 Å². The Morgan fingerprint density at radius 1 is 1.07 bits per heavy atom. The van der Waals surface area contributed by atoms with Gasteiger partial charge in [0.05, 0.1) is 16.9 Å². The number of nitrogens with one attached hydrogen (secondary N) is 2. The molecule has 1 aliphatic heterocycles. The number of alkyl halides is 3. The molecule has 76 valence electrons. The van der Waals surface area contributed by atoms with Gasteiger partial charge in [-0.25, -0.2) is 0 Å². The van der Waals surface area contributed by atoms with Crippen molar-refractivity contribution in [3.8, 4) is 0 Å². The van der Waals surface area contributed by atoms with Crippen molar-refractivity contribution in [1.82, 2.24) is 0 Å². The minimum Gasteiger partial charge on any atom is -0.382 e. The van der Waals surface area contributed by atoms with Crippen LogP contribution in [0.5, 0.6) is 0 Å². The van der Waals surface area contributed by atoms with Gasteiger partial charge in [-0.1, -0.05) is 6.07 Å². The molecule has 14 heavy (non-hydrogen) atoms. The molecule has 0 fully saturated rings. The van der Waals surface area contributed by atoms with Crippen LogP contribution in [-0.2, 0) is 6.18 Å². The predicted molar refractivity (Wildman–Crippen MR) is 48.4 cm³/mol. The van der Waals surface area contributed by atoms with Crippen molar-refractivity contribution in [2.75, 3.05) is 23.7 Å². The van der Waals surface area contributed by atoms with Crippen molar-refractivity contribution in [3.05, 3.63) is 23.8 Å². The molecule has 0 saturated carbocycles. The highest BCUT2D eigenvalue weighted by molar-refractivity contribution is 5.74. The number of fused-ring (bicyclic) bond motifs is 1. The molecule has 5 heteroatoms. The molecule has 0 bridgehead atoms. The Morgan fingerprint density at radius 2 is 1.79 bits per heavy atom. The van der Waals surface area contributed by atoms with E-state index in [1.54, 1.807) is 6.07 Å². The van der Waals surface area contributed by atoms with Gasteiger partial charge in [-0.05, 0) is 12.1 Å². The van der Waals surface area contributed by atoms with Crippen LogP contribution in [0.25, 0.3) is 0 Å². The maximum atomic E-state index is 12.5. The molecule has 2 N–H and O–H groups in total. The Kier molecular flexibility index (Phi) is 2.02. The fourth-order valence-corrected chi connectivity index (χ4v) is 1.51. The Hall–Kier alpha value is -1.39. The maximum absolute atomic E-state index is 12.5. The van der Waals surface area contributed by atoms with Crippen molar-refractivity contribution in [1.29, 1.82) is 0 Å². The monoisotopic (exact) mass is 202 g/mol. The van der Waals surface area contributed by atoms with Gasteiger partial charge in [0.1, 0.15) is 0 Å². The maximum Gasteiger partial charge on any atom is 0.418 e. The van der Waals surface area contributed by atoms with E-state index in [2.05, 4.69) is 10.6 Å². The first-order valence-corrected chi connectivity index (χ1v) is 4.27. The first kappa shape index (κ1) is 9.18. The van der Waals surface area contributed by atoms with Crippen molar-refractivity contribution in [2.45, 2.75) is 6.18 Å². The second-order valence-corrected chi connectivity index (χ2v) is 3.08. The molecule has 1 aromatic rings. The fraction of sp³-hybridized carbons (Fsp3) is 0.333. The summed E-state index contributed by atoms with van der Waals surface area (Å²) in [5.41, 5.74) is 0.0690. The van der Waals surface area contributed by atoms with Crippen molar-refractivity contribution in [2.24, 2.45) is 0 Å². The molecule has 0 amide bonds. The number of rotatable bonds is 0. The van der Waals surface area contributed by atoms with E-state index in [1.165, 1.54) is 6.07 Å². The Labute approximate surface area is 79.1 Å². The van der Waals surface area contributed by atoms with E-state index < -0.39 is 11.7 Å². The van der Waals surface area contributed by atoms with E-state index in [9.17, 15) is 13.2 Å². The molecule has 1 aliphatic rings. The molecule has 1 heterocycles. The van der Waals surface area contributed by atoms with Gasteiger partial charge in [0.25, 0.3) is 0 Å². The Morgan fingerprint density at radius 3 is 2.50 bits per heavy atom. The third-order valence-corrected chi connectivity index (χ3v) is 2.11. The lowest BCUT2D eigenvalue weighted by Crippen LogP contribution is -2.23. The Bertz CT molecular complexity index is 346. The lowest BCUT2D eigenvalue weighted by Gasteiger charge is -2.23. The van der Waals surface area contributed by atoms with Crippen LogP contribution in [0.1, 0.15) is 5.56 Å². The summed E-state index contributed by atoms with van der Waals surface area (Å²) in [4.78, 5) is 0. The number of benzene rings is 1. The average molecular weight is 202 g/mol. The van der Waals surface area contributed by atoms with Gasteiger partial charge >= 0.3 is 6.18 Å². The molecule has 0 radical (unpaired) electrons. The number of hydrogen-bond acceptors (Lipinski definition) is 2. The summed E-state index contributed by atoms with van der Waals surface area (Å²) in [6.07, 6.45) is -4.29. The number of anilines is 2. The van der Waals surface area contributed by atoms with E-state index in [0.29, 0.717) is 18.8 Å². The SMILES string of the molecule is FC(F)(F)c1cccc2c1NCCN2. The van der Waals surface area contributed by atoms with Gasteiger partial charge in [0.2, 0.25) is 0 Å². The van der Waals surface area contributed by atoms with Crippen LogP contribution in [-0.4, -0.2) is 13.1 Å². The summed E-state index contributed by atoms with van der Waals surface area (Å²) >= 11 is 0. The molecule has 0 atom stereocenters. The lowest BCUT2D eigenvalue weighted by molar-refractivity contribution is -0.136. The molecule has 0 aliphatic carbocycles. The van der Waals surface area contributed by atoms with Crippen LogP contribution in [0.3, 0.4) is 0 Å². The normalized spacial score (nSPS) is 15.4. The van der Waals surface area contributed by atoms with Crippen LogP contribution in [0.15, 0.2) is 18.2 Å². The predicted octanol–water partition coefficient (Wildman–Crippen LogP) is 2.54. The van der Waals surface area contributed by atoms with Gasteiger partial charge in [-0.2, -0.15) is 13.2 Å². The van der Waals surface area contributed by atoms with Gasteiger partial charge in [-0.3, -0.25) is 0 Å². The summed E-state index contributed by atoms with van der Waals surface area (Å²) in [6.45, 7) is 1.16. The number of halogens is 3. The van der Waals surface area contributed by atoms with E-state index in [0.717, 1.165) is 6.07 Å². The first-order chi connectivity index (χ1) is 6.59. The van der Waals surface area contributed by atoms with Crippen LogP contribution in [0, 0.1) is 0 Å². The minimum absolute atomic E-state index is 0.159. The zero-order valence-corrected chi connectivity index (χ0v) is 7.28. The quantitative estimate of drug-likeness (QED) is 0.675. The van der Waals surface area contributed by atoms with E-state index in [4.69, 9.17) is 0 Å². The van der Waals surface area contributed by atoms with E-state index in [1.807, 2.05) is 0 Å². The van der Waals surface area contributed by atoms with Gasteiger partial charge in [0, 0.05) is 13.1 Å². The average Bonchev–Trinajstić information content (AvgIpc) is 2.15. The van der Waals surface area contributed by atoms with Crippen molar-refractivity contribution < 1.29 is 13.2 Å². The zero-order valence-electron chi connectivity index (χ0n) is 7.28. The van der Waals surface area contributed by atoms with Crippen molar-refractivity contribution in [3.63, 3.8) is 0 Å². The first-order valence-electron chi connectivity index (χ1n) is 4.27. The molecule has 2 rings (SSSR count). The third kappa shape index (κ3) is 1.49. The van der Waals surface area contributed by atoms with Crippen LogP contribution in [0.4, 0.5) is 24.5 Å². The number of para-hydroxylation sites is 1. The molecular formula is C9H9F3N2. The highest BCUT2D eigenvalue weighted by Crippen LogP contribution is 2.39. The largest absolute Gasteiger partial charge is 0.418 e. The molecule has 2 nitrogen and oxygen atoms in total. The zero-order chi connectivity index (χ0) is 10.2. The third-order valence-electron chi connectivity index (χ3n) is 2.11. The topological polar surface area (TPSA) is 24.1 Å². The van der Waals surface area contributed by atoms with Gasteiger partial charge < -0.3 is 10.6 Å². The highest BCUT2D eigenvalue weighted by Gasteiger charge is 2.34. The molecule has 0 aromatic heterocycles. The highest BCUT2D eigenvalue weighted by atomic mass is 19.4. The molecule has 1 aromatic carbocycles. The summed E-state index contributed by atoms with van der Waals surface area (Å²) < 4.78 is 37.5. The van der Waals surface area contributed by atoms with Gasteiger partial charge in [0.15, 0.2) is 0 Å². The molecule has 0 unspecified atom stereocenters. The fourth-order valence-electron chi connectivity index (χ4n) is 1.51. The van der Waals surface area contributed by atoms with E-state index >= 15 is 0 Å². The molecular weight excluding hydrogens is 193 g/mol. The van der Waals surface area contributed by atoms with Crippen molar-refractivity contribution >= 4 is 11.4 Å². The van der Waals surface area contributed by atoms with Crippen LogP contribution in [0.2, 0.25) is 0 Å². The lowest BCUT2D eigenvalue weighted by atomic mass is 10.1. The summed E-state index contributed by atoms with van der Waals surface area (Å²) in [5.74, 6) is 0. The van der Waals surface area contributed by atoms with Gasteiger partial charge in [-0.15, -0.1) is 0 Å². The second-order valence-electron chi connectivity index (χ2n) is 3.08. The summed E-state index contributed by atoms with van der Waals surface area (Å²) in [6, 6.07) is 4.12. The molecule has 0 spiro atoms.